The number of anilines is 1. The molecular formula is C29H28N6O3. The molecule has 0 aliphatic carbocycles. The molecular weight excluding hydrogens is 480 g/mol. The van der Waals surface area contributed by atoms with Crippen molar-refractivity contribution >= 4 is 40.7 Å². The van der Waals surface area contributed by atoms with Gasteiger partial charge in [-0.05, 0) is 60.5 Å². The fourth-order valence-corrected chi connectivity index (χ4v) is 5.05. The summed E-state index contributed by atoms with van der Waals surface area (Å²) in [6.07, 6.45) is 5.27. The van der Waals surface area contributed by atoms with E-state index in [4.69, 9.17) is 4.98 Å². The lowest BCUT2D eigenvalue weighted by molar-refractivity contribution is -0.117. The van der Waals surface area contributed by atoms with Crippen LogP contribution in [0.4, 0.5) is 5.69 Å². The molecule has 2 aliphatic rings. The van der Waals surface area contributed by atoms with Crippen molar-refractivity contribution in [2.45, 2.75) is 12.8 Å². The van der Waals surface area contributed by atoms with E-state index >= 15 is 0 Å². The zero-order valence-corrected chi connectivity index (χ0v) is 20.9. The lowest BCUT2D eigenvalue weighted by atomic mass is 10.0. The summed E-state index contributed by atoms with van der Waals surface area (Å²) in [7, 11) is 0. The third kappa shape index (κ3) is 4.64. The molecule has 2 aromatic heterocycles. The van der Waals surface area contributed by atoms with Crippen molar-refractivity contribution in [3.8, 4) is 17.0 Å². The third-order valence-electron chi connectivity index (χ3n) is 7.04. The number of aromatic hydroxyl groups is 1. The minimum absolute atomic E-state index is 0.0653. The van der Waals surface area contributed by atoms with E-state index in [1.54, 1.807) is 24.3 Å². The Kier molecular flexibility index (Phi) is 6.35. The number of amides is 2. The Morgan fingerprint density at radius 3 is 2.58 bits per heavy atom. The Bertz CT molecular complexity index is 1540. The minimum Gasteiger partial charge on any atom is -0.508 e. The van der Waals surface area contributed by atoms with Gasteiger partial charge in [-0.3, -0.25) is 14.7 Å². The molecule has 2 fully saturated rings. The summed E-state index contributed by atoms with van der Waals surface area (Å²) in [6, 6.07) is 16.4. The van der Waals surface area contributed by atoms with Crippen LogP contribution in [-0.4, -0.2) is 69.7 Å². The topological polar surface area (TPSA) is 114 Å². The summed E-state index contributed by atoms with van der Waals surface area (Å²) in [6.45, 7) is 3.49. The summed E-state index contributed by atoms with van der Waals surface area (Å²) in [5, 5.41) is 21.2. The number of carbonyl (C=O) groups excluding carboxylic acids is 2. The average Bonchev–Trinajstić information content (AvgIpc) is 3.58. The van der Waals surface area contributed by atoms with Gasteiger partial charge in [0.2, 0.25) is 5.91 Å². The second kappa shape index (κ2) is 10.1. The van der Waals surface area contributed by atoms with Crippen molar-refractivity contribution in [3.05, 3.63) is 71.4 Å². The number of benzene rings is 2. The predicted molar refractivity (Wildman–Crippen MR) is 147 cm³/mol. The smallest absolute Gasteiger partial charge is 0.254 e. The van der Waals surface area contributed by atoms with Crippen LogP contribution in [0.2, 0.25) is 0 Å². The van der Waals surface area contributed by atoms with Crippen LogP contribution in [0, 0.1) is 0 Å². The number of rotatable bonds is 5. The molecule has 0 radical (unpaired) electrons. The Labute approximate surface area is 219 Å². The number of aromatic nitrogens is 3. The van der Waals surface area contributed by atoms with Crippen LogP contribution < -0.4 is 10.2 Å². The van der Waals surface area contributed by atoms with Gasteiger partial charge in [-0.2, -0.15) is 5.10 Å². The first-order valence-corrected chi connectivity index (χ1v) is 12.8. The van der Waals surface area contributed by atoms with Crippen molar-refractivity contribution in [3.63, 3.8) is 0 Å². The Hall–Kier alpha value is -4.50. The maximum absolute atomic E-state index is 13.7. The second-order valence-corrected chi connectivity index (χ2v) is 9.55. The van der Waals surface area contributed by atoms with Crippen LogP contribution in [0.1, 0.15) is 34.5 Å². The zero-order valence-electron chi connectivity index (χ0n) is 20.9. The average molecular weight is 509 g/mol. The molecule has 0 spiro atoms. The number of H-pyrrole nitrogens is 1. The quantitative estimate of drug-likeness (QED) is 0.379. The lowest BCUT2D eigenvalue weighted by Crippen LogP contribution is -2.46. The normalized spacial score (nSPS) is 16.2. The lowest BCUT2D eigenvalue weighted by Gasteiger charge is -2.27. The van der Waals surface area contributed by atoms with Gasteiger partial charge in [0.1, 0.15) is 5.75 Å². The van der Waals surface area contributed by atoms with Crippen LogP contribution in [0.3, 0.4) is 0 Å². The van der Waals surface area contributed by atoms with Crippen molar-refractivity contribution in [1.82, 2.24) is 25.4 Å². The number of phenols is 1. The van der Waals surface area contributed by atoms with Crippen molar-refractivity contribution in [2.24, 2.45) is 0 Å². The first-order valence-electron chi connectivity index (χ1n) is 12.8. The first-order chi connectivity index (χ1) is 18.6. The van der Waals surface area contributed by atoms with Crippen LogP contribution in [0.5, 0.6) is 5.75 Å². The first kappa shape index (κ1) is 23.9. The number of hydrogen-bond donors (Lipinski definition) is 3. The number of aromatic amines is 1. The largest absolute Gasteiger partial charge is 0.508 e. The molecule has 4 heterocycles. The minimum atomic E-state index is -0.0653. The molecule has 0 bridgehead atoms. The molecule has 2 saturated heterocycles. The fraction of sp³-hybridized carbons (Fsp3) is 0.241. The van der Waals surface area contributed by atoms with E-state index in [-0.39, 0.29) is 17.6 Å². The van der Waals surface area contributed by atoms with Gasteiger partial charge < -0.3 is 20.2 Å². The van der Waals surface area contributed by atoms with Crippen molar-refractivity contribution in [1.29, 1.82) is 0 Å². The van der Waals surface area contributed by atoms with Gasteiger partial charge in [0.25, 0.3) is 5.91 Å². The van der Waals surface area contributed by atoms with Gasteiger partial charge in [0.15, 0.2) is 5.65 Å². The third-order valence-corrected chi connectivity index (χ3v) is 7.04. The number of piperazine rings is 1. The fourth-order valence-electron chi connectivity index (χ4n) is 5.05. The SMILES string of the molecule is O=C(c1cc(-c2ccc(O)cc2)nc2[nH]nc(C=Cc3cccc(N4CCCC4=O)c3)c12)N1CCNCC1. The molecule has 9 nitrogen and oxygen atoms in total. The van der Waals surface area contributed by atoms with Gasteiger partial charge in [-0.25, -0.2) is 4.98 Å². The molecule has 0 unspecified atom stereocenters. The molecule has 4 aromatic rings. The summed E-state index contributed by atoms with van der Waals surface area (Å²) < 4.78 is 0. The van der Waals surface area contributed by atoms with Crippen LogP contribution in [-0.2, 0) is 4.79 Å². The van der Waals surface area contributed by atoms with Gasteiger partial charge in [-0.15, -0.1) is 0 Å². The highest BCUT2D eigenvalue weighted by molar-refractivity contribution is 6.09. The number of hydrogen-bond acceptors (Lipinski definition) is 6. The maximum Gasteiger partial charge on any atom is 0.254 e. The molecule has 38 heavy (non-hydrogen) atoms. The summed E-state index contributed by atoms with van der Waals surface area (Å²) >= 11 is 0. The maximum atomic E-state index is 13.7. The van der Waals surface area contributed by atoms with Gasteiger partial charge in [-0.1, -0.05) is 18.2 Å². The van der Waals surface area contributed by atoms with E-state index in [0.29, 0.717) is 47.5 Å². The number of carbonyl (C=O) groups is 2. The molecule has 2 aliphatic heterocycles. The van der Waals surface area contributed by atoms with E-state index in [2.05, 4.69) is 15.5 Å². The van der Waals surface area contributed by atoms with Gasteiger partial charge in [0.05, 0.1) is 22.3 Å². The molecule has 6 rings (SSSR count). The summed E-state index contributed by atoms with van der Waals surface area (Å²) in [4.78, 5) is 34.3. The Morgan fingerprint density at radius 2 is 1.82 bits per heavy atom. The molecule has 9 heteroatoms. The molecule has 3 N–H and O–H groups in total. The standard InChI is InChI=1S/C29H28N6O3/c36-22-9-7-20(8-10-22)25-18-23(29(38)34-15-12-30-13-16-34)27-24(32-33-28(27)31-25)11-6-19-3-1-4-21(17-19)35-14-2-5-26(35)37/h1,3-4,6-11,17-18,30,36H,2,5,12-16H2,(H,31,32,33). The van der Waals surface area contributed by atoms with E-state index in [9.17, 15) is 14.7 Å². The number of phenolic OH excluding ortho intramolecular Hbond substituents is 1. The predicted octanol–water partition coefficient (Wildman–Crippen LogP) is 3.67. The van der Waals surface area contributed by atoms with Gasteiger partial charge in [0, 0.05) is 50.4 Å². The number of pyridine rings is 1. The van der Waals surface area contributed by atoms with E-state index in [1.165, 1.54) is 0 Å². The van der Waals surface area contributed by atoms with E-state index in [0.717, 1.165) is 42.9 Å². The van der Waals surface area contributed by atoms with E-state index < -0.39 is 0 Å². The van der Waals surface area contributed by atoms with Crippen LogP contribution in [0.25, 0.3) is 34.4 Å². The molecule has 0 saturated carbocycles. The van der Waals surface area contributed by atoms with E-state index in [1.807, 2.05) is 52.3 Å². The molecule has 2 aromatic carbocycles. The molecule has 192 valence electrons. The molecule has 0 atom stereocenters. The number of nitrogens with one attached hydrogen (secondary N) is 2. The molecule has 2 amide bonds. The second-order valence-electron chi connectivity index (χ2n) is 9.55. The summed E-state index contributed by atoms with van der Waals surface area (Å²) in [5.41, 5.74) is 4.90. The number of fused-ring (bicyclic) bond motifs is 1. The Balaban J connectivity index is 1.40. The van der Waals surface area contributed by atoms with Crippen molar-refractivity contribution < 1.29 is 14.7 Å². The van der Waals surface area contributed by atoms with Gasteiger partial charge >= 0.3 is 0 Å². The zero-order chi connectivity index (χ0) is 26.1. The highest BCUT2D eigenvalue weighted by Gasteiger charge is 2.24. The Morgan fingerprint density at radius 1 is 1.00 bits per heavy atom. The van der Waals surface area contributed by atoms with Crippen LogP contribution >= 0.6 is 0 Å². The monoisotopic (exact) mass is 508 g/mol. The van der Waals surface area contributed by atoms with Crippen molar-refractivity contribution in [2.75, 3.05) is 37.6 Å². The summed E-state index contributed by atoms with van der Waals surface area (Å²) in [5.74, 6) is 0.250. The number of nitrogens with zero attached hydrogens (tertiary/aromatic N) is 4. The highest BCUT2D eigenvalue weighted by Crippen LogP contribution is 2.29. The highest BCUT2D eigenvalue weighted by atomic mass is 16.3. The van der Waals surface area contributed by atoms with Crippen LogP contribution in [0.15, 0.2) is 54.6 Å².